The van der Waals surface area contributed by atoms with Crippen LogP contribution in [0.5, 0.6) is 0 Å². The maximum Gasteiger partial charge on any atom is 0.198 e. The van der Waals surface area contributed by atoms with Crippen LogP contribution in [0.3, 0.4) is 0 Å². The normalized spacial score (nSPS) is 11.3. The van der Waals surface area contributed by atoms with Crippen LogP contribution in [0.4, 0.5) is 0 Å². The van der Waals surface area contributed by atoms with Crippen molar-refractivity contribution >= 4 is 28.0 Å². The number of H-pyrrole nitrogens is 1. The number of nitrogens with one attached hydrogen (secondary N) is 2. The molecule has 0 radical (unpaired) electrons. The Balaban J connectivity index is 1.83. The van der Waals surface area contributed by atoms with Gasteiger partial charge in [-0.3, -0.25) is 9.98 Å². The van der Waals surface area contributed by atoms with E-state index in [2.05, 4.69) is 15.0 Å². The lowest BCUT2D eigenvalue weighted by molar-refractivity contribution is 0.907. The summed E-state index contributed by atoms with van der Waals surface area (Å²) < 4.78 is 1.66. The van der Waals surface area contributed by atoms with Gasteiger partial charge in [-0.2, -0.15) is 0 Å². The number of rotatable bonds is 2. The predicted molar refractivity (Wildman–Crippen MR) is 85.9 cm³/mol. The fraction of sp³-hybridized carbons (Fsp3) is 0.0625. The van der Waals surface area contributed by atoms with Crippen molar-refractivity contribution in [2.75, 3.05) is 0 Å². The molecule has 0 spiro atoms. The van der Waals surface area contributed by atoms with Crippen molar-refractivity contribution in [3.63, 3.8) is 0 Å². The number of hydrogen-bond acceptors (Lipinski definition) is 3. The summed E-state index contributed by atoms with van der Waals surface area (Å²) in [5, 5.41) is 7.82. The molecule has 6 heteroatoms. The minimum Gasteiger partial charge on any atom is -0.369 e. The molecule has 0 amide bonds. The zero-order valence-corrected chi connectivity index (χ0v) is 11.7. The molecule has 22 heavy (non-hydrogen) atoms. The minimum atomic E-state index is -0.0418. The first-order valence-electron chi connectivity index (χ1n) is 6.97. The van der Waals surface area contributed by atoms with Crippen molar-refractivity contribution in [2.24, 2.45) is 5.73 Å². The molecule has 2 aromatic heterocycles. The number of nitrogen functional groups attached to an aromatic ring is 1. The van der Waals surface area contributed by atoms with Gasteiger partial charge in [0.15, 0.2) is 5.96 Å². The van der Waals surface area contributed by atoms with Gasteiger partial charge in [0.1, 0.15) is 11.6 Å². The molecule has 2 heterocycles. The van der Waals surface area contributed by atoms with Gasteiger partial charge in [0, 0.05) is 0 Å². The third-order valence-electron chi connectivity index (χ3n) is 3.64. The van der Waals surface area contributed by atoms with E-state index in [1.807, 2.05) is 48.5 Å². The molecule has 0 aliphatic carbocycles. The average Bonchev–Trinajstić information content (AvgIpc) is 3.06. The quantitative estimate of drug-likeness (QED) is 0.390. The zero-order chi connectivity index (χ0) is 15.1. The molecule has 0 saturated carbocycles. The van der Waals surface area contributed by atoms with Crippen LogP contribution in [0.2, 0.25) is 0 Å². The molecule has 0 aliphatic heterocycles. The van der Waals surface area contributed by atoms with Crippen LogP contribution in [-0.4, -0.2) is 25.5 Å². The van der Waals surface area contributed by atoms with Gasteiger partial charge in [0.2, 0.25) is 0 Å². The molecule has 0 unspecified atom stereocenters. The number of aromatic nitrogens is 4. The smallest absolute Gasteiger partial charge is 0.198 e. The molecule has 6 nitrogen and oxygen atoms in total. The summed E-state index contributed by atoms with van der Waals surface area (Å²) in [4.78, 5) is 12.4. The van der Waals surface area contributed by atoms with Gasteiger partial charge >= 0.3 is 0 Å². The van der Waals surface area contributed by atoms with Crippen LogP contribution in [0.15, 0.2) is 48.5 Å². The van der Waals surface area contributed by atoms with Gasteiger partial charge in [0.05, 0.1) is 28.5 Å². The summed E-state index contributed by atoms with van der Waals surface area (Å²) in [6.45, 7) is 0. The highest BCUT2D eigenvalue weighted by Gasteiger charge is 2.14. The molecule has 0 atom stereocenters. The van der Waals surface area contributed by atoms with Gasteiger partial charge in [-0.1, -0.05) is 24.3 Å². The van der Waals surface area contributed by atoms with Crippen LogP contribution in [0, 0.1) is 5.41 Å². The van der Waals surface area contributed by atoms with Crippen LogP contribution in [0.25, 0.3) is 22.1 Å². The summed E-state index contributed by atoms with van der Waals surface area (Å²) in [6.07, 6.45) is 0.489. The second-order valence-electron chi connectivity index (χ2n) is 5.11. The van der Waals surface area contributed by atoms with Crippen LogP contribution < -0.4 is 5.73 Å². The molecule has 0 fully saturated rings. The summed E-state index contributed by atoms with van der Waals surface area (Å²) in [5.41, 5.74) is 9.30. The first kappa shape index (κ1) is 12.6. The molecule has 0 aliphatic rings. The molecule has 2 aromatic carbocycles. The van der Waals surface area contributed by atoms with Crippen molar-refractivity contribution in [3.8, 4) is 0 Å². The van der Waals surface area contributed by atoms with Crippen molar-refractivity contribution in [1.82, 2.24) is 19.5 Å². The highest BCUT2D eigenvalue weighted by Crippen LogP contribution is 2.18. The van der Waals surface area contributed by atoms with E-state index < -0.39 is 0 Å². The molecule has 4 rings (SSSR count). The topological polar surface area (TPSA) is 96.4 Å². The Morgan fingerprint density at radius 3 is 2.55 bits per heavy atom. The maximum atomic E-state index is 7.82. The Bertz CT molecular complexity index is 961. The van der Waals surface area contributed by atoms with E-state index in [1.165, 1.54) is 0 Å². The standard InChI is InChI=1S/C16H14N6/c17-16(18)22-13-8-4-3-7-12(13)21-15(22)9-14-19-10-5-1-2-6-11(10)20-14/h1-8H,9H2,(H3,17,18)(H,19,20). The Hall–Kier alpha value is -3.15. The SMILES string of the molecule is N=C(N)n1c(Cc2nc3ccccc3[nH]2)nc2ccccc21. The molecule has 108 valence electrons. The van der Waals surface area contributed by atoms with E-state index in [0.29, 0.717) is 12.2 Å². The highest BCUT2D eigenvalue weighted by molar-refractivity contribution is 5.90. The van der Waals surface area contributed by atoms with Gasteiger partial charge < -0.3 is 10.7 Å². The summed E-state index contributed by atoms with van der Waals surface area (Å²) in [7, 11) is 0. The lowest BCUT2D eigenvalue weighted by Gasteiger charge is -2.04. The first-order valence-corrected chi connectivity index (χ1v) is 6.97. The Labute approximate surface area is 126 Å². The second-order valence-corrected chi connectivity index (χ2v) is 5.11. The van der Waals surface area contributed by atoms with E-state index >= 15 is 0 Å². The van der Waals surface area contributed by atoms with Crippen molar-refractivity contribution in [3.05, 3.63) is 60.2 Å². The first-order chi connectivity index (χ1) is 10.7. The second kappa shape index (κ2) is 4.70. The fourth-order valence-electron chi connectivity index (χ4n) is 2.70. The zero-order valence-electron chi connectivity index (χ0n) is 11.7. The number of imidazole rings is 2. The van der Waals surface area contributed by atoms with E-state index in [4.69, 9.17) is 11.1 Å². The number of nitrogens with two attached hydrogens (primary N) is 1. The van der Waals surface area contributed by atoms with Crippen molar-refractivity contribution in [2.45, 2.75) is 6.42 Å². The van der Waals surface area contributed by atoms with E-state index in [0.717, 1.165) is 27.9 Å². The Kier molecular flexibility index (Phi) is 2.69. The van der Waals surface area contributed by atoms with Gasteiger partial charge in [-0.15, -0.1) is 0 Å². The van der Waals surface area contributed by atoms with Crippen LogP contribution in [0.1, 0.15) is 11.6 Å². The molecular weight excluding hydrogens is 276 g/mol. The van der Waals surface area contributed by atoms with Gasteiger partial charge in [-0.25, -0.2) is 9.97 Å². The number of fused-ring (bicyclic) bond motifs is 2. The lowest BCUT2D eigenvalue weighted by Crippen LogP contribution is -2.23. The monoisotopic (exact) mass is 290 g/mol. The number of benzene rings is 2. The molecule has 0 bridgehead atoms. The fourth-order valence-corrected chi connectivity index (χ4v) is 2.70. The number of para-hydroxylation sites is 4. The van der Waals surface area contributed by atoms with E-state index in [9.17, 15) is 0 Å². The number of hydrogen-bond donors (Lipinski definition) is 3. The Morgan fingerprint density at radius 2 is 1.77 bits per heavy atom. The average molecular weight is 290 g/mol. The molecule has 4 aromatic rings. The van der Waals surface area contributed by atoms with Crippen LogP contribution >= 0.6 is 0 Å². The predicted octanol–water partition coefficient (Wildman–Crippen LogP) is 2.24. The third-order valence-corrected chi connectivity index (χ3v) is 3.64. The lowest BCUT2D eigenvalue weighted by atomic mass is 10.3. The minimum absolute atomic E-state index is 0.0418. The number of nitrogens with zero attached hydrogens (tertiary/aromatic N) is 3. The van der Waals surface area contributed by atoms with Crippen molar-refractivity contribution < 1.29 is 0 Å². The van der Waals surface area contributed by atoms with E-state index in [1.54, 1.807) is 4.57 Å². The van der Waals surface area contributed by atoms with Crippen LogP contribution in [-0.2, 0) is 6.42 Å². The largest absolute Gasteiger partial charge is 0.369 e. The van der Waals surface area contributed by atoms with Gasteiger partial charge in [0.25, 0.3) is 0 Å². The van der Waals surface area contributed by atoms with E-state index in [-0.39, 0.29) is 5.96 Å². The maximum absolute atomic E-state index is 7.82. The van der Waals surface area contributed by atoms with Gasteiger partial charge in [-0.05, 0) is 24.3 Å². The highest BCUT2D eigenvalue weighted by atomic mass is 15.2. The van der Waals surface area contributed by atoms with Crippen molar-refractivity contribution in [1.29, 1.82) is 5.41 Å². The molecule has 4 N–H and O–H groups in total. The molecule has 0 saturated heterocycles. The third kappa shape index (κ3) is 1.93. The Morgan fingerprint density at radius 1 is 1.05 bits per heavy atom. The summed E-state index contributed by atoms with van der Waals surface area (Å²) >= 11 is 0. The molecular formula is C16H14N6. The summed E-state index contributed by atoms with van der Waals surface area (Å²) in [5.74, 6) is 1.46. The summed E-state index contributed by atoms with van der Waals surface area (Å²) in [6, 6.07) is 15.5. The number of aromatic amines is 1.